The van der Waals surface area contributed by atoms with E-state index in [-0.39, 0.29) is 43.0 Å². The third-order valence-corrected chi connectivity index (χ3v) is 5.62. The molecule has 7 nitrogen and oxygen atoms in total. The molecule has 2 heterocycles. The lowest BCUT2D eigenvalue weighted by molar-refractivity contribution is -0.134. The number of Topliss-reactive ketones (excluding diaryl/α,β-unsaturated/α-hetero) is 1. The monoisotopic (exact) mass is 398 g/mol. The van der Waals surface area contributed by atoms with Crippen LogP contribution in [0.3, 0.4) is 0 Å². The molecule has 1 aromatic carbocycles. The quantitative estimate of drug-likeness (QED) is 0.730. The maximum Gasteiger partial charge on any atom is 0.223 e. The molecule has 3 N–H and O–H groups in total. The van der Waals surface area contributed by atoms with E-state index in [0.29, 0.717) is 12.1 Å². The van der Waals surface area contributed by atoms with E-state index in [9.17, 15) is 14.4 Å². The van der Waals surface area contributed by atoms with Crippen LogP contribution in [-0.2, 0) is 20.8 Å². The number of para-hydroxylation sites is 1. The molecule has 3 rings (SSSR count). The number of nitrogens with two attached hydrogens (primary N) is 1. The predicted octanol–water partition coefficient (Wildman–Crippen LogP) is 1.76. The Bertz CT molecular complexity index is 797. The average molecular weight is 399 g/mol. The largest absolute Gasteiger partial charge is 0.370 e. The van der Waals surface area contributed by atoms with Gasteiger partial charge >= 0.3 is 0 Å². The molecule has 2 amide bonds. The van der Waals surface area contributed by atoms with Crippen molar-refractivity contribution in [3.05, 3.63) is 29.8 Å². The summed E-state index contributed by atoms with van der Waals surface area (Å²) >= 11 is 0. The van der Waals surface area contributed by atoms with Gasteiger partial charge in [0.15, 0.2) is 5.78 Å². The molecule has 156 valence electrons. The molecule has 1 saturated heterocycles. The number of hydrogen-bond donors (Lipinski definition) is 2. The predicted molar refractivity (Wildman–Crippen MR) is 112 cm³/mol. The standard InChI is InChI=1S/C22H30N4O3/c1-15(11-21(23)28)12-22(29)26(17-6-4-9-24-10-8-17)14-19-20(27)13-16-5-2-3-7-18(16)25-19/h2-3,5,7,15,17,24H,4,6,8-14H2,1H3,(H2,23,28)/t15-,17?/m0/s1. The summed E-state index contributed by atoms with van der Waals surface area (Å²) in [6.07, 6.45) is 3.45. The van der Waals surface area contributed by atoms with Crippen molar-refractivity contribution in [1.29, 1.82) is 0 Å². The van der Waals surface area contributed by atoms with Crippen LogP contribution in [0, 0.1) is 5.92 Å². The number of amides is 2. The fourth-order valence-electron chi connectivity index (χ4n) is 4.10. The Morgan fingerprint density at radius 1 is 1.24 bits per heavy atom. The first-order valence-electron chi connectivity index (χ1n) is 10.4. The zero-order chi connectivity index (χ0) is 20.8. The van der Waals surface area contributed by atoms with Gasteiger partial charge in [0.1, 0.15) is 5.71 Å². The number of nitrogens with zero attached hydrogens (tertiary/aromatic N) is 2. The molecular weight excluding hydrogens is 368 g/mol. The van der Waals surface area contributed by atoms with E-state index in [1.54, 1.807) is 0 Å². The molecule has 1 aromatic rings. The van der Waals surface area contributed by atoms with Crippen LogP contribution in [-0.4, -0.2) is 53.9 Å². The number of aliphatic imine (C=N–C) groups is 1. The van der Waals surface area contributed by atoms with Gasteiger partial charge in [0, 0.05) is 25.3 Å². The Hall–Kier alpha value is -2.54. The first kappa shape index (κ1) is 21.2. The number of hydrogen-bond acceptors (Lipinski definition) is 5. The SMILES string of the molecule is C[C@@H](CC(N)=O)CC(=O)N(CC1=Nc2ccccc2CC1=O)C1CCCNCC1. The van der Waals surface area contributed by atoms with Crippen LogP contribution in [0.15, 0.2) is 29.3 Å². The summed E-state index contributed by atoms with van der Waals surface area (Å²) in [5.74, 6) is -0.603. The number of carbonyl (C=O) groups excluding carboxylic acids is 3. The van der Waals surface area contributed by atoms with Crippen molar-refractivity contribution in [3.63, 3.8) is 0 Å². The van der Waals surface area contributed by atoms with E-state index in [1.165, 1.54) is 0 Å². The number of rotatable bonds is 7. The summed E-state index contributed by atoms with van der Waals surface area (Å²) in [6.45, 7) is 3.85. The van der Waals surface area contributed by atoms with E-state index >= 15 is 0 Å². The molecule has 0 saturated carbocycles. The third-order valence-electron chi connectivity index (χ3n) is 5.62. The maximum absolute atomic E-state index is 13.2. The second kappa shape index (κ2) is 9.78. The van der Waals surface area contributed by atoms with Crippen LogP contribution in [0.1, 0.15) is 44.6 Å². The van der Waals surface area contributed by atoms with E-state index < -0.39 is 5.91 Å². The number of benzene rings is 1. The summed E-state index contributed by atoms with van der Waals surface area (Å²) in [7, 11) is 0. The van der Waals surface area contributed by atoms with Crippen LogP contribution >= 0.6 is 0 Å². The Kier molecular flexibility index (Phi) is 7.14. The van der Waals surface area contributed by atoms with Crippen molar-refractivity contribution in [1.82, 2.24) is 10.2 Å². The van der Waals surface area contributed by atoms with Gasteiger partial charge in [-0.2, -0.15) is 0 Å². The van der Waals surface area contributed by atoms with Gasteiger partial charge in [0.2, 0.25) is 11.8 Å². The van der Waals surface area contributed by atoms with Crippen molar-refractivity contribution in [2.75, 3.05) is 19.6 Å². The minimum atomic E-state index is -0.404. The van der Waals surface area contributed by atoms with Gasteiger partial charge in [-0.1, -0.05) is 25.1 Å². The lowest BCUT2D eigenvalue weighted by Gasteiger charge is -2.33. The smallest absolute Gasteiger partial charge is 0.223 e. The summed E-state index contributed by atoms with van der Waals surface area (Å²) < 4.78 is 0. The molecule has 2 aliphatic rings. The Balaban J connectivity index is 1.81. The van der Waals surface area contributed by atoms with Crippen molar-refractivity contribution >= 4 is 29.0 Å². The average Bonchev–Trinajstić information content (AvgIpc) is 2.94. The Labute approximate surface area is 171 Å². The highest BCUT2D eigenvalue weighted by Gasteiger charge is 2.30. The molecule has 0 spiro atoms. The summed E-state index contributed by atoms with van der Waals surface area (Å²) in [4.78, 5) is 43.5. The molecule has 7 heteroatoms. The van der Waals surface area contributed by atoms with Gasteiger partial charge in [-0.3, -0.25) is 14.4 Å². The summed E-state index contributed by atoms with van der Waals surface area (Å²) in [5.41, 5.74) is 7.46. The lowest BCUT2D eigenvalue weighted by Crippen LogP contribution is -2.46. The normalized spacial score (nSPS) is 20.2. The first-order chi connectivity index (χ1) is 13.9. The van der Waals surface area contributed by atoms with Gasteiger partial charge in [-0.15, -0.1) is 0 Å². The van der Waals surface area contributed by atoms with Crippen molar-refractivity contribution in [3.8, 4) is 0 Å². The fraction of sp³-hybridized carbons (Fsp3) is 0.545. The second-order valence-electron chi connectivity index (χ2n) is 8.12. The molecule has 2 atom stereocenters. The molecule has 0 bridgehead atoms. The zero-order valence-electron chi connectivity index (χ0n) is 17.0. The fourth-order valence-corrected chi connectivity index (χ4v) is 4.10. The molecular formula is C22H30N4O3. The Morgan fingerprint density at radius 2 is 2.03 bits per heavy atom. The van der Waals surface area contributed by atoms with Gasteiger partial charge in [0.05, 0.1) is 12.2 Å². The molecule has 1 fully saturated rings. The highest BCUT2D eigenvalue weighted by Crippen LogP contribution is 2.25. The van der Waals surface area contributed by atoms with Crippen molar-refractivity contribution in [2.45, 2.75) is 51.5 Å². The van der Waals surface area contributed by atoms with Gasteiger partial charge in [-0.25, -0.2) is 4.99 Å². The number of nitrogens with one attached hydrogen (secondary N) is 1. The first-order valence-corrected chi connectivity index (χ1v) is 10.4. The highest BCUT2D eigenvalue weighted by atomic mass is 16.2. The lowest BCUT2D eigenvalue weighted by atomic mass is 9.97. The topological polar surface area (TPSA) is 105 Å². The summed E-state index contributed by atoms with van der Waals surface area (Å²) in [6, 6.07) is 7.69. The van der Waals surface area contributed by atoms with Gasteiger partial charge < -0.3 is 16.0 Å². The number of carbonyl (C=O) groups is 3. The van der Waals surface area contributed by atoms with Crippen LogP contribution in [0.25, 0.3) is 0 Å². The van der Waals surface area contributed by atoms with Crippen molar-refractivity contribution < 1.29 is 14.4 Å². The minimum absolute atomic E-state index is 0.0292. The van der Waals surface area contributed by atoms with E-state index in [4.69, 9.17) is 5.73 Å². The van der Waals surface area contributed by atoms with Crippen molar-refractivity contribution in [2.24, 2.45) is 16.6 Å². The summed E-state index contributed by atoms with van der Waals surface area (Å²) in [5, 5.41) is 3.37. The molecule has 0 aromatic heterocycles. The number of fused-ring (bicyclic) bond motifs is 1. The third kappa shape index (κ3) is 5.73. The molecule has 1 unspecified atom stereocenters. The molecule has 0 aliphatic carbocycles. The Morgan fingerprint density at radius 3 is 2.83 bits per heavy atom. The van der Waals surface area contributed by atoms with Gasteiger partial charge in [0.25, 0.3) is 0 Å². The number of ketones is 1. The number of primary amides is 1. The van der Waals surface area contributed by atoms with E-state index in [1.807, 2.05) is 36.1 Å². The second-order valence-corrected chi connectivity index (χ2v) is 8.12. The van der Waals surface area contributed by atoms with E-state index in [0.717, 1.165) is 43.6 Å². The van der Waals surface area contributed by atoms with Crippen LogP contribution in [0.5, 0.6) is 0 Å². The van der Waals surface area contributed by atoms with Gasteiger partial charge in [-0.05, 0) is 49.9 Å². The minimum Gasteiger partial charge on any atom is -0.370 e. The highest BCUT2D eigenvalue weighted by molar-refractivity contribution is 6.42. The molecule has 29 heavy (non-hydrogen) atoms. The molecule has 0 radical (unpaired) electrons. The van der Waals surface area contributed by atoms with Crippen LogP contribution in [0.2, 0.25) is 0 Å². The van der Waals surface area contributed by atoms with Crippen LogP contribution < -0.4 is 11.1 Å². The van der Waals surface area contributed by atoms with E-state index in [2.05, 4.69) is 10.3 Å². The maximum atomic E-state index is 13.2. The molecule has 2 aliphatic heterocycles. The zero-order valence-corrected chi connectivity index (χ0v) is 17.0. The van der Waals surface area contributed by atoms with Crippen LogP contribution in [0.4, 0.5) is 5.69 Å².